The molecule has 0 aliphatic rings. The van der Waals surface area contributed by atoms with Crippen molar-refractivity contribution in [1.82, 2.24) is 0 Å². The third kappa shape index (κ3) is 4.34. The summed E-state index contributed by atoms with van der Waals surface area (Å²) in [4.78, 5) is 11.3. The topological polar surface area (TPSA) is 64.3 Å². The summed E-state index contributed by atoms with van der Waals surface area (Å²) in [5, 5.41) is 3.24. The molecule has 17 heavy (non-hydrogen) atoms. The van der Waals surface area contributed by atoms with E-state index < -0.39 is 0 Å². The number of nitrogen functional groups attached to an aromatic ring is 1. The van der Waals surface area contributed by atoms with Gasteiger partial charge < -0.3 is 15.8 Å². The second-order valence-electron chi connectivity index (χ2n) is 4.13. The van der Waals surface area contributed by atoms with Crippen molar-refractivity contribution in [3.8, 4) is 0 Å². The van der Waals surface area contributed by atoms with Crippen LogP contribution in [0.3, 0.4) is 0 Å². The van der Waals surface area contributed by atoms with E-state index in [2.05, 4.69) is 5.32 Å². The summed E-state index contributed by atoms with van der Waals surface area (Å²) in [6.45, 7) is 6.13. The first kappa shape index (κ1) is 13.4. The number of nitrogens with one attached hydrogen (secondary N) is 1. The van der Waals surface area contributed by atoms with E-state index >= 15 is 0 Å². The molecule has 94 valence electrons. The number of carbonyl (C=O) groups is 1. The maximum atomic E-state index is 11.3. The lowest BCUT2D eigenvalue weighted by Crippen LogP contribution is -2.21. The van der Waals surface area contributed by atoms with Gasteiger partial charge in [-0.15, -0.1) is 0 Å². The number of esters is 1. The summed E-state index contributed by atoms with van der Waals surface area (Å²) in [7, 11) is 0. The van der Waals surface area contributed by atoms with Gasteiger partial charge in [-0.25, -0.2) is 0 Å². The molecule has 1 aromatic carbocycles. The lowest BCUT2D eigenvalue weighted by atomic mass is 10.1. The number of hydrogen-bond donors (Lipinski definition) is 2. The molecule has 4 nitrogen and oxygen atoms in total. The largest absolute Gasteiger partial charge is 0.466 e. The minimum Gasteiger partial charge on any atom is -0.466 e. The predicted octanol–water partition coefficient (Wildman–Crippen LogP) is 2.33. The summed E-state index contributed by atoms with van der Waals surface area (Å²) in [5.41, 5.74) is 8.50. The molecule has 0 amide bonds. The summed E-state index contributed by atoms with van der Waals surface area (Å²) < 4.78 is 4.89. The number of rotatable bonds is 5. The Morgan fingerprint density at radius 3 is 2.82 bits per heavy atom. The van der Waals surface area contributed by atoms with Crippen LogP contribution in [0.5, 0.6) is 0 Å². The van der Waals surface area contributed by atoms with Gasteiger partial charge in [0.05, 0.1) is 13.0 Å². The molecule has 0 heterocycles. The van der Waals surface area contributed by atoms with Crippen molar-refractivity contribution in [2.24, 2.45) is 0 Å². The summed E-state index contributed by atoms with van der Waals surface area (Å²) in [6, 6.07) is 5.77. The number of ether oxygens (including phenoxy) is 1. The number of anilines is 2. The van der Waals surface area contributed by atoms with Gasteiger partial charge in [-0.3, -0.25) is 4.79 Å². The molecule has 0 bridgehead atoms. The molecule has 0 fully saturated rings. The van der Waals surface area contributed by atoms with E-state index in [-0.39, 0.29) is 12.0 Å². The Bertz CT molecular complexity index is 391. The molecule has 4 heteroatoms. The van der Waals surface area contributed by atoms with Gasteiger partial charge >= 0.3 is 5.97 Å². The Labute approximate surface area is 102 Å². The number of carbonyl (C=O) groups excluding carboxylic acids is 1. The smallest absolute Gasteiger partial charge is 0.307 e. The van der Waals surface area contributed by atoms with Crippen LogP contribution in [0.4, 0.5) is 11.4 Å². The Hall–Kier alpha value is -1.71. The normalized spacial score (nSPS) is 11.9. The molecule has 0 aliphatic heterocycles. The Morgan fingerprint density at radius 1 is 1.53 bits per heavy atom. The van der Waals surface area contributed by atoms with E-state index in [0.717, 1.165) is 16.9 Å². The van der Waals surface area contributed by atoms with Gasteiger partial charge in [-0.05, 0) is 44.5 Å². The highest BCUT2D eigenvalue weighted by atomic mass is 16.5. The molecular weight excluding hydrogens is 216 g/mol. The van der Waals surface area contributed by atoms with E-state index in [0.29, 0.717) is 13.0 Å². The zero-order valence-corrected chi connectivity index (χ0v) is 10.6. The van der Waals surface area contributed by atoms with Gasteiger partial charge in [0.25, 0.3) is 0 Å². The molecule has 0 saturated carbocycles. The first-order valence-corrected chi connectivity index (χ1v) is 5.81. The van der Waals surface area contributed by atoms with E-state index in [1.807, 2.05) is 32.0 Å². The molecule has 1 aromatic rings. The fourth-order valence-corrected chi connectivity index (χ4v) is 1.57. The molecule has 1 rings (SSSR count). The second kappa shape index (κ2) is 6.13. The van der Waals surface area contributed by atoms with Crippen LogP contribution < -0.4 is 11.1 Å². The fraction of sp³-hybridized carbons (Fsp3) is 0.462. The van der Waals surface area contributed by atoms with Crippen molar-refractivity contribution in [3.05, 3.63) is 23.8 Å². The van der Waals surface area contributed by atoms with Crippen molar-refractivity contribution in [3.63, 3.8) is 0 Å². The van der Waals surface area contributed by atoms with Crippen LogP contribution in [0.15, 0.2) is 18.2 Å². The summed E-state index contributed by atoms with van der Waals surface area (Å²) in [5.74, 6) is -0.181. The zero-order valence-electron chi connectivity index (χ0n) is 10.6. The van der Waals surface area contributed by atoms with Gasteiger partial charge in [-0.1, -0.05) is 0 Å². The highest BCUT2D eigenvalue weighted by molar-refractivity contribution is 5.70. The highest BCUT2D eigenvalue weighted by Gasteiger charge is 2.09. The van der Waals surface area contributed by atoms with Gasteiger partial charge in [0.15, 0.2) is 0 Å². The molecule has 1 atom stereocenters. The van der Waals surface area contributed by atoms with Gasteiger partial charge in [0.2, 0.25) is 0 Å². The summed E-state index contributed by atoms with van der Waals surface area (Å²) in [6.07, 6.45) is 0.358. The van der Waals surface area contributed by atoms with Crippen molar-refractivity contribution >= 4 is 17.3 Å². The molecule has 0 spiro atoms. The average molecular weight is 236 g/mol. The Morgan fingerprint density at radius 2 is 2.24 bits per heavy atom. The zero-order chi connectivity index (χ0) is 12.8. The van der Waals surface area contributed by atoms with Crippen LogP contribution in [0, 0.1) is 6.92 Å². The predicted molar refractivity (Wildman–Crippen MR) is 69.9 cm³/mol. The third-order valence-corrected chi connectivity index (χ3v) is 2.46. The lowest BCUT2D eigenvalue weighted by Gasteiger charge is -2.15. The third-order valence-electron chi connectivity index (χ3n) is 2.46. The molecule has 0 saturated heterocycles. The second-order valence-corrected chi connectivity index (χ2v) is 4.13. The van der Waals surface area contributed by atoms with E-state index in [1.54, 1.807) is 6.92 Å². The molecule has 0 aliphatic carbocycles. The SMILES string of the molecule is CCOC(=O)CC(C)Nc1ccc(N)c(C)c1. The van der Waals surface area contributed by atoms with Crippen molar-refractivity contribution < 1.29 is 9.53 Å². The van der Waals surface area contributed by atoms with Gasteiger partial charge in [0.1, 0.15) is 0 Å². The Balaban J connectivity index is 2.53. The molecule has 0 radical (unpaired) electrons. The highest BCUT2D eigenvalue weighted by Crippen LogP contribution is 2.17. The van der Waals surface area contributed by atoms with Crippen LogP contribution in [-0.4, -0.2) is 18.6 Å². The number of hydrogen-bond acceptors (Lipinski definition) is 4. The maximum absolute atomic E-state index is 11.3. The number of aryl methyl sites for hydroxylation is 1. The van der Waals surface area contributed by atoms with E-state index in [4.69, 9.17) is 10.5 Å². The minimum absolute atomic E-state index is 0.0390. The fourth-order valence-electron chi connectivity index (χ4n) is 1.57. The van der Waals surface area contributed by atoms with E-state index in [1.165, 1.54) is 0 Å². The van der Waals surface area contributed by atoms with Crippen LogP contribution in [-0.2, 0) is 9.53 Å². The molecular formula is C13H20N2O2. The molecule has 1 unspecified atom stereocenters. The lowest BCUT2D eigenvalue weighted by molar-refractivity contribution is -0.143. The number of benzene rings is 1. The minimum atomic E-state index is -0.181. The van der Waals surface area contributed by atoms with Crippen molar-refractivity contribution in [2.75, 3.05) is 17.7 Å². The van der Waals surface area contributed by atoms with Crippen LogP contribution in [0.25, 0.3) is 0 Å². The molecule has 0 aromatic heterocycles. The first-order chi connectivity index (χ1) is 8.02. The summed E-state index contributed by atoms with van der Waals surface area (Å²) >= 11 is 0. The van der Waals surface area contributed by atoms with Crippen LogP contribution in [0.2, 0.25) is 0 Å². The Kier molecular flexibility index (Phi) is 4.82. The van der Waals surface area contributed by atoms with Crippen molar-refractivity contribution in [1.29, 1.82) is 0 Å². The molecule has 3 N–H and O–H groups in total. The van der Waals surface area contributed by atoms with Gasteiger partial charge in [0, 0.05) is 17.4 Å². The first-order valence-electron chi connectivity index (χ1n) is 5.81. The average Bonchev–Trinajstić information content (AvgIpc) is 2.23. The van der Waals surface area contributed by atoms with E-state index in [9.17, 15) is 4.79 Å². The van der Waals surface area contributed by atoms with Gasteiger partial charge in [-0.2, -0.15) is 0 Å². The van der Waals surface area contributed by atoms with Crippen LogP contribution in [0.1, 0.15) is 25.8 Å². The number of nitrogens with two attached hydrogens (primary N) is 1. The quantitative estimate of drug-likeness (QED) is 0.608. The standard InChI is InChI=1S/C13H20N2O2/c1-4-17-13(16)8-10(3)15-11-5-6-12(14)9(2)7-11/h5-7,10,15H,4,8,14H2,1-3H3. The maximum Gasteiger partial charge on any atom is 0.307 e. The van der Waals surface area contributed by atoms with Crippen molar-refractivity contribution in [2.45, 2.75) is 33.2 Å². The van der Waals surface area contributed by atoms with Crippen LogP contribution >= 0.6 is 0 Å². The monoisotopic (exact) mass is 236 g/mol.